The summed E-state index contributed by atoms with van der Waals surface area (Å²) in [6.07, 6.45) is 3.68. The van der Waals surface area contributed by atoms with E-state index in [4.69, 9.17) is 4.74 Å². The van der Waals surface area contributed by atoms with E-state index < -0.39 is 4.92 Å². The van der Waals surface area contributed by atoms with Gasteiger partial charge in [-0.25, -0.2) is 0 Å². The van der Waals surface area contributed by atoms with Gasteiger partial charge in [0.25, 0.3) is 5.69 Å². The quantitative estimate of drug-likeness (QED) is 0.372. The summed E-state index contributed by atoms with van der Waals surface area (Å²) in [5.74, 6) is 1.19. The summed E-state index contributed by atoms with van der Waals surface area (Å²) in [7, 11) is 0. The Kier molecular flexibility index (Phi) is 4.85. The molecule has 0 aliphatic carbocycles. The Morgan fingerprint density at radius 3 is 2.88 bits per heavy atom. The van der Waals surface area contributed by atoms with Gasteiger partial charge < -0.3 is 4.74 Å². The molecule has 0 aliphatic rings. The van der Waals surface area contributed by atoms with Crippen molar-refractivity contribution >= 4 is 18.3 Å². The van der Waals surface area contributed by atoms with Gasteiger partial charge in [-0.1, -0.05) is 18.2 Å². The third kappa shape index (κ3) is 3.27. The third-order valence-electron chi connectivity index (χ3n) is 2.06. The second-order valence-corrected chi connectivity index (χ2v) is 3.49. The van der Waals surface area contributed by atoms with E-state index in [2.05, 4.69) is 12.6 Å². The Labute approximate surface area is 99.5 Å². The molecule has 0 aromatic heterocycles. The summed E-state index contributed by atoms with van der Waals surface area (Å²) in [6.45, 7) is 2.07. The molecule has 1 aromatic carbocycles. The number of nitro benzene ring substituents is 1. The van der Waals surface area contributed by atoms with Crippen LogP contribution in [0.1, 0.15) is 5.56 Å². The van der Waals surface area contributed by atoms with Gasteiger partial charge in [-0.15, -0.1) is 0 Å². The molecule has 1 aromatic rings. The lowest BCUT2D eigenvalue weighted by Crippen LogP contribution is -1.98. The van der Waals surface area contributed by atoms with Gasteiger partial charge in [-0.2, -0.15) is 12.6 Å². The molecule has 0 N–H and O–H groups in total. The van der Waals surface area contributed by atoms with Crippen molar-refractivity contribution in [3.8, 4) is 5.75 Å². The van der Waals surface area contributed by atoms with Crippen molar-refractivity contribution in [2.45, 2.75) is 6.92 Å². The average Bonchev–Trinajstić information content (AvgIpc) is 2.26. The van der Waals surface area contributed by atoms with Crippen LogP contribution in [0.2, 0.25) is 0 Å². The van der Waals surface area contributed by atoms with E-state index in [1.54, 1.807) is 19.1 Å². The van der Waals surface area contributed by atoms with Crippen LogP contribution in [0, 0.1) is 17.0 Å². The highest BCUT2D eigenvalue weighted by atomic mass is 32.1. The number of nitrogens with zero attached hydrogens (tertiary/aromatic N) is 1. The van der Waals surface area contributed by atoms with Gasteiger partial charge in [0.15, 0.2) is 0 Å². The van der Waals surface area contributed by atoms with Crippen LogP contribution < -0.4 is 4.74 Å². The Morgan fingerprint density at radius 1 is 1.50 bits per heavy atom. The van der Waals surface area contributed by atoms with Gasteiger partial charge >= 0.3 is 0 Å². The number of rotatable bonds is 5. The lowest BCUT2D eigenvalue weighted by Gasteiger charge is -2.06. The Bertz CT molecular complexity index is 404. The summed E-state index contributed by atoms with van der Waals surface area (Å²) in [5.41, 5.74) is 0.627. The zero-order valence-electron chi connectivity index (χ0n) is 8.92. The Hall–Kier alpha value is -1.49. The maximum atomic E-state index is 10.7. The number of nitro groups is 1. The molecular weight excluding hydrogens is 226 g/mol. The molecule has 4 nitrogen and oxygen atoms in total. The van der Waals surface area contributed by atoms with Gasteiger partial charge in [0.05, 0.1) is 10.5 Å². The molecule has 0 atom stereocenters. The van der Waals surface area contributed by atoms with Crippen LogP contribution >= 0.6 is 12.6 Å². The first kappa shape index (κ1) is 12.6. The zero-order valence-corrected chi connectivity index (χ0v) is 9.81. The minimum atomic E-state index is -0.411. The second-order valence-electron chi connectivity index (χ2n) is 3.12. The highest BCUT2D eigenvalue weighted by molar-refractivity contribution is 7.80. The summed E-state index contributed by atoms with van der Waals surface area (Å²) in [4.78, 5) is 10.3. The number of hydrogen-bond donors (Lipinski definition) is 1. The van der Waals surface area contributed by atoms with Crippen molar-refractivity contribution in [3.05, 3.63) is 46.0 Å². The van der Waals surface area contributed by atoms with Crippen LogP contribution in [0.15, 0.2) is 30.4 Å². The first-order chi connectivity index (χ1) is 7.66. The zero-order chi connectivity index (χ0) is 12.0. The minimum absolute atomic E-state index is 0.0793. The molecule has 5 heteroatoms. The third-order valence-corrected chi connectivity index (χ3v) is 2.27. The molecule has 0 amide bonds. The molecule has 86 valence electrons. The predicted molar refractivity (Wildman–Crippen MR) is 66.3 cm³/mol. The van der Waals surface area contributed by atoms with E-state index in [1.165, 1.54) is 6.07 Å². The van der Waals surface area contributed by atoms with Crippen molar-refractivity contribution in [1.29, 1.82) is 0 Å². The van der Waals surface area contributed by atoms with Gasteiger partial charge in [-0.3, -0.25) is 10.1 Å². The molecule has 1 rings (SSSR count). The van der Waals surface area contributed by atoms with E-state index in [0.29, 0.717) is 23.7 Å². The lowest BCUT2D eigenvalue weighted by molar-refractivity contribution is -0.385. The van der Waals surface area contributed by atoms with E-state index in [0.717, 1.165) is 0 Å². The fourth-order valence-electron chi connectivity index (χ4n) is 1.24. The van der Waals surface area contributed by atoms with Crippen LogP contribution in [0.25, 0.3) is 0 Å². The van der Waals surface area contributed by atoms with Gasteiger partial charge in [0, 0.05) is 11.8 Å². The summed E-state index contributed by atoms with van der Waals surface area (Å²) in [6, 6.07) is 4.80. The van der Waals surface area contributed by atoms with E-state index in [-0.39, 0.29) is 5.69 Å². The number of benzene rings is 1. The summed E-state index contributed by atoms with van der Waals surface area (Å²) < 4.78 is 5.40. The SMILES string of the molecule is Cc1c(OCC=CCS)cccc1[N+](=O)[O-]. The van der Waals surface area contributed by atoms with Crippen molar-refractivity contribution in [1.82, 2.24) is 0 Å². The van der Waals surface area contributed by atoms with Gasteiger partial charge in [0.1, 0.15) is 12.4 Å². The van der Waals surface area contributed by atoms with Crippen molar-refractivity contribution in [3.63, 3.8) is 0 Å². The summed E-state index contributed by atoms with van der Waals surface area (Å²) in [5, 5.41) is 10.7. The maximum Gasteiger partial charge on any atom is 0.276 e. The second kappa shape index (κ2) is 6.17. The van der Waals surface area contributed by atoms with Crippen molar-refractivity contribution < 1.29 is 9.66 Å². The standard InChI is InChI=1S/C11H13NO3S/c1-9-10(12(13)14)5-4-6-11(9)15-7-2-3-8-16/h2-6,16H,7-8H2,1H3. The van der Waals surface area contributed by atoms with Crippen LogP contribution in [0.3, 0.4) is 0 Å². The molecule has 0 bridgehead atoms. The van der Waals surface area contributed by atoms with Crippen LogP contribution in [-0.4, -0.2) is 17.3 Å². The first-order valence-electron chi connectivity index (χ1n) is 4.79. The fraction of sp³-hybridized carbons (Fsp3) is 0.273. The van der Waals surface area contributed by atoms with Crippen LogP contribution in [0.5, 0.6) is 5.75 Å². The number of hydrogen-bond acceptors (Lipinski definition) is 4. The van der Waals surface area contributed by atoms with Gasteiger partial charge in [0.2, 0.25) is 0 Å². The molecule has 0 saturated heterocycles. The molecule has 16 heavy (non-hydrogen) atoms. The number of ether oxygens (including phenoxy) is 1. The number of thiol groups is 1. The predicted octanol–water partition coefficient (Wildman–Crippen LogP) is 2.77. The van der Waals surface area contributed by atoms with Crippen LogP contribution in [0.4, 0.5) is 5.69 Å². The van der Waals surface area contributed by atoms with E-state index >= 15 is 0 Å². The maximum absolute atomic E-state index is 10.7. The van der Waals surface area contributed by atoms with Crippen LogP contribution in [-0.2, 0) is 0 Å². The Balaban J connectivity index is 2.77. The molecule has 0 spiro atoms. The van der Waals surface area contributed by atoms with Gasteiger partial charge in [-0.05, 0) is 13.0 Å². The topological polar surface area (TPSA) is 52.4 Å². The first-order valence-corrected chi connectivity index (χ1v) is 5.42. The lowest BCUT2D eigenvalue weighted by atomic mass is 10.2. The van der Waals surface area contributed by atoms with Crippen molar-refractivity contribution in [2.75, 3.05) is 12.4 Å². The monoisotopic (exact) mass is 239 g/mol. The van der Waals surface area contributed by atoms with Crippen molar-refractivity contribution in [2.24, 2.45) is 0 Å². The molecule has 0 fully saturated rings. The molecule has 0 heterocycles. The molecule has 0 unspecified atom stereocenters. The minimum Gasteiger partial charge on any atom is -0.489 e. The highest BCUT2D eigenvalue weighted by Gasteiger charge is 2.13. The molecule has 0 aliphatic heterocycles. The largest absolute Gasteiger partial charge is 0.489 e. The summed E-state index contributed by atoms with van der Waals surface area (Å²) >= 11 is 4.01. The fourth-order valence-corrected chi connectivity index (χ4v) is 1.39. The smallest absolute Gasteiger partial charge is 0.276 e. The molecule has 0 saturated carbocycles. The average molecular weight is 239 g/mol. The highest BCUT2D eigenvalue weighted by Crippen LogP contribution is 2.26. The normalized spacial score (nSPS) is 10.6. The molecule has 0 radical (unpaired) electrons. The Morgan fingerprint density at radius 2 is 2.25 bits per heavy atom. The van der Waals surface area contributed by atoms with E-state index in [1.807, 2.05) is 12.2 Å². The van der Waals surface area contributed by atoms with E-state index in [9.17, 15) is 10.1 Å². The molecular formula is C11H13NO3S.